The predicted molar refractivity (Wildman–Crippen MR) is 83.3 cm³/mol. The highest BCUT2D eigenvalue weighted by Crippen LogP contribution is 2.47. The molecule has 0 heterocycles. The molecule has 0 aromatic heterocycles. The molecule has 2 saturated carbocycles. The quantitative estimate of drug-likeness (QED) is 0.763. The fourth-order valence-corrected chi connectivity index (χ4v) is 4.03. The van der Waals surface area contributed by atoms with E-state index in [2.05, 4.69) is 44.1 Å². The number of thioether (sulfide) groups is 1. The molecule has 106 valence electrons. The second-order valence-corrected chi connectivity index (χ2v) is 8.43. The summed E-state index contributed by atoms with van der Waals surface area (Å²) >= 11 is 2.07. The van der Waals surface area contributed by atoms with Crippen LogP contribution in [-0.4, -0.2) is 23.6 Å². The second kappa shape index (κ2) is 5.75. The summed E-state index contributed by atoms with van der Waals surface area (Å²) in [5.74, 6) is 0.955. The summed E-state index contributed by atoms with van der Waals surface area (Å²) in [5.41, 5.74) is 0.557. The predicted octanol–water partition coefficient (Wildman–Crippen LogP) is 4.47. The third-order valence-corrected chi connectivity index (χ3v) is 7.12. The Morgan fingerprint density at radius 3 is 2.22 bits per heavy atom. The van der Waals surface area contributed by atoms with Gasteiger partial charge in [-0.05, 0) is 56.1 Å². The van der Waals surface area contributed by atoms with Crippen molar-refractivity contribution in [1.29, 1.82) is 0 Å². The van der Waals surface area contributed by atoms with E-state index in [0.717, 1.165) is 12.0 Å². The largest absolute Gasteiger partial charge is 0.313 e. The van der Waals surface area contributed by atoms with Gasteiger partial charge in [0.1, 0.15) is 0 Å². The average molecular weight is 269 g/mol. The molecule has 2 rings (SSSR count). The van der Waals surface area contributed by atoms with Crippen LogP contribution in [0.25, 0.3) is 0 Å². The van der Waals surface area contributed by atoms with Gasteiger partial charge < -0.3 is 5.32 Å². The maximum atomic E-state index is 3.84. The molecule has 0 bridgehead atoms. The average Bonchev–Trinajstić information content (AvgIpc) is 3.18. The number of rotatable bonds is 6. The van der Waals surface area contributed by atoms with Crippen LogP contribution in [0.15, 0.2) is 0 Å². The van der Waals surface area contributed by atoms with Gasteiger partial charge in [0, 0.05) is 17.3 Å². The molecule has 0 aliphatic heterocycles. The number of hydrogen-bond acceptors (Lipinski definition) is 2. The zero-order valence-electron chi connectivity index (χ0n) is 12.7. The van der Waals surface area contributed by atoms with Crippen LogP contribution in [0.2, 0.25) is 0 Å². The first-order valence-corrected chi connectivity index (χ1v) is 9.02. The fraction of sp³-hybridized carbons (Fsp3) is 1.00. The van der Waals surface area contributed by atoms with Crippen LogP contribution >= 0.6 is 11.8 Å². The van der Waals surface area contributed by atoms with Gasteiger partial charge >= 0.3 is 0 Å². The molecule has 0 radical (unpaired) electrons. The van der Waals surface area contributed by atoms with E-state index in [4.69, 9.17) is 0 Å². The molecule has 2 aliphatic rings. The maximum absolute atomic E-state index is 3.84. The normalized spacial score (nSPS) is 31.3. The van der Waals surface area contributed by atoms with E-state index in [-0.39, 0.29) is 0 Å². The Balaban J connectivity index is 1.70. The molecule has 0 aromatic carbocycles. The van der Waals surface area contributed by atoms with Gasteiger partial charge in [-0.25, -0.2) is 0 Å². The highest BCUT2D eigenvalue weighted by molar-refractivity contribution is 8.00. The maximum Gasteiger partial charge on any atom is 0.0282 e. The summed E-state index contributed by atoms with van der Waals surface area (Å²) in [6.07, 6.45) is 12.1. The van der Waals surface area contributed by atoms with Crippen LogP contribution in [0.3, 0.4) is 0 Å². The Morgan fingerprint density at radius 2 is 1.78 bits per heavy atom. The Morgan fingerprint density at radius 1 is 1.17 bits per heavy atom. The van der Waals surface area contributed by atoms with Gasteiger partial charge in [-0.2, -0.15) is 11.8 Å². The van der Waals surface area contributed by atoms with E-state index < -0.39 is 0 Å². The first kappa shape index (κ1) is 14.7. The van der Waals surface area contributed by atoms with Gasteiger partial charge in [0.05, 0.1) is 0 Å². The first-order chi connectivity index (χ1) is 8.51. The van der Waals surface area contributed by atoms with Crippen LogP contribution in [0.5, 0.6) is 0 Å². The molecule has 0 atom stereocenters. The Bertz CT molecular complexity index is 262. The van der Waals surface area contributed by atoms with E-state index in [1.807, 2.05) is 0 Å². The lowest BCUT2D eigenvalue weighted by atomic mass is 9.69. The van der Waals surface area contributed by atoms with Gasteiger partial charge in [0.25, 0.3) is 0 Å². The Hall–Kier alpha value is 0.310. The second-order valence-electron chi connectivity index (χ2n) is 7.16. The topological polar surface area (TPSA) is 12.0 Å². The molecule has 0 saturated heterocycles. The lowest BCUT2D eigenvalue weighted by Crippen LogP contribution is -2.40. The van der Waals surface area contributed by atoms with Crippen molar-refractivity contribution in [3.8, 4) is 0 Å². The summed E-state index contributed by atoms with van der Waals surface area (Å²) in [4.78, 5) is 0. The van der Waals surface area contributed by atoms with Crippen LogP contribution in [0.4, 0.5) is 0 Å². The van der Waals surface area contributed by atoms with Crippen molar-refractivity contribution >= 4 is 11.8 Å². The van der Waals surface area contributed by atoms with E-state index in [9.17, 15) is 0 Å². The van der Waals surface area contributed by atoms with Crippen molar-refractivity contribution < 1.29 is 0 Å². The smallest absolute Gasteiger partial charge is 0.0282 e. The Kier molecular flexibility index (Phi) is 4.70. The van der Waals surface area contributed by atoms with Crippen molar-refractivity contribution in [2.75, 3.05) is 12.8 Å². The summed E-state index contributed by atoms with van der Waals surface area (Å²) in [6.45, 7) is 8.51. The lowest BCUT2D eigenvalue weighted by Gasteiger charge is -2.39. The molecule has 0 unspecified atom stereocenters. The zero-order valence-corrected chi connectivity index (χ0v) is 13.5. The van der Waals surface area contributed by atoms with Crippen molar-refractivity contribution in [3.05, 3.63) is 0 Å². The molecule has 0 aromatic rings. The van der Waals surface area contributed by atoms with Crippen LogP contribution in [-0.2, 0) is 0 Å². The van der Waals surface area contributed by atoms with Gasteiger partial charge in [0.15, 0.2) is 0 Å². The van der Waals surface area contributed by atoms with E-state index in [0.29, 0.717) is 10.2 Å². The lowest BCUT2D eigenvalue weighted by molar-refractivity contribution is 0.137. The molecule has 0 amide bonds. The van der Waals surface area contributed by atoms with Gasteiger partial charge in [-0.1, -0.05) is 27.2 Å². The summed E-state index contributed by atoms with van der Waals surface area (Å²) in [6, 6.07) is 0.804. The third kappa shape index (κ3) is 3.45. The van der Waals surface area contributed by atoms with Crippen molar-refractivity contribution in [2.45, 2.75) is 76.5 Å². The molecule has 1 N–H and O–H groups in total. The number of hydrogen-bond donors (Lipinski definition) is 1. The number of nitrogens with one attached hydrogen (secondary N) is 1. The minimum atomic E-state index is 0.557. The van der Waals surface area contributed by atoms with Gasteiger partial charge in [0.2, 0.25) is 0 Å². The van der Waals surface area contributed by atoms with E-state index >= 15 is 0 Å². The standard InChI is InChI=1S/C16H31NS/c1-5-15(2,3)13-6-8-14(9-7-13)17-12-16(18-4)10-11-16/h13-14,17H,5-12H2,1-4H3. The van der Waals surface area contributed by atoms with Crippen molar-refractivity contribution in [3.63, 3.8) is 0 Å². The third-order valence-electron chi connectivity index (χ3n) is 5.70. The molecular weight excluding hydrogens is 238 g/mol. The first-order valence-electron chi connectivity index (χ1n) is 7.80. The van der Waals surface area contributed by atoms with Crippen LogP contribution in [0, 0.1) is 11.3 Å². The summed E-state index contributed by atoms with van der Waals surface area (Å²) < 4.78 is 0.625. The van der Waals surface area contributed by atoms with E-state index in [1.54, 1.807) is 0 Å². The summed E-state index contributed by atoms with van der Waals surface area (Å²) in [5, 5.41) is 3.84. The van der Waals surface area contributed by atoms with Crippen LogP contribution in [0.1, 0.15) is 65.7 Å². The molecule has 1 nitrogen and oxygen atoms in total. The minimum absolute atomic E-state index is 0.557. The fourth-order valence-electron chi connectivity index (χ4n) is 3.29. The zero-order chi connectivity index (χ0) is 13.2. The van der Waals surface area contributed by atoms with Gasteiger partial charge in [-0.15, -0.1) is 0 Å². The molecule has 18 heavy (non-hydrogen) atoms. The molecule has 2 aliphatic carbocycles. The molecule has 2 heteroatoms. The van der Waals surface area contributed by atoms with Crippen molar-refractivity contribution in [2.24, 2.45) is 11.3 Å². The highest BCUT2D eigenvalue weighted by Gasteiger charge is 2.42. The summed E-state index contributed by atoms with van der Waals surface area (Å²) in [7, 11) is 0. The van der Waals surface area contributed by atoms with Gasteiger partial charge in [-0.3, -0.25) is 0 Å². The Labute approximate surface area is 118 Å². The highest BCUT2D eigenvalue weighted by atomic mass is 32.2. The van der Waals surface area contributed by atoms with E-state index in [1.165, 1.54) is 51.5 Å². The molecule has 2 fully saturated rings. The monoisotopic (exact) mass is 269 g/mol. The van der Waals surface area contributed by atoms with Crippen molar-refractivity contribution in [1.82, 2.24) is 5.32 Å². The van der Waals surface area contributed by atoms with Crippen LogP contribution < -0.4 is 5.32 Å². The SMILES string of the molecule is CCC(C)(C)C1CCC(NCC2(SC)CC2)CC1. The molecular formula is C16H31NS. The minimum Gasteiger partial charge on any atom is -0.313 e. The molecule has 0 spiro atoms.